The van der Waals surface area contributed by atoms with Crippen molar-refractivity contribution in [3.63, 3.8) is 0 Å². The van der Waals surface area contributed by atoms with Crippen molar-refractivity contribution in [3.8, 4) is 5.75 Å². The summed E-state index contributed by atoms with van der Waals surface area (Å²) in [6.45, 7) is 9.10. The van der Waals surface area contributed by atoms with Crippen molar-refractivity contribution < 1.29 is 17.9 Å². The minimum atomic E-state index is -3.55. The van der Waals surface area contributed by atoms with E-state index >= 15 is 0 Å². The molecule has 1 amide bonds. The third-order valence-corrected chi connectivity index (χ3v) is 7.36. The van der Waals surface area contributed by atoms with Gasteiger partial charge in [0.05, 0.1) is 25.0 Å². The van der Waals surface area contributed by atoms with Crippen LogP contribution in [0.5, 0.6) is 5.75 Å². The highest BCUT2D eigenvalue weighted by molar-refractivity contribution is 7.92. The fraction of sp³-hybridized carbons (Fsp3) is 0.321. The van der Waals surface area contributed by atoms with E-state index in [9.17, 15) is 13.2 Å². The first-order valence-corrected chi connectivity index (χ1v) is 13.9. The van der Waals surface area contributed by atoms with Gasteiger partial charge in [-0.3, -0.25) is 9.10 Å². The molecule has 3 aromatic carbocycles. The van der Waals surface area contributed by atoms with E-state index in [1.807, 2.05) is 24.3 Å². The van der Waals surface area contributed by atoms with Gasteiger partial charge in [-0.25, -0.2) is 8.42 Å². The number of ether oxygens (including phenoxy) is 1. The lowest BCUT2D eigenvalue weighted by Crippen LogP contribution is -2.30. The number of rotatable bonds is 9. The lowest BCUT2D eigenvalue weighted by atomic mass is 9.87. The van der Waals surface area contributed by atoms with Crippen LogP contribution in [-0.4, -0.2) is 33.7 Å². The number of benzene rings is 3. The van der Waals surface area contributed by atoms with Crippen LogP contribution < -0.4 is 14.4 Å². The molecule has 0 saturated heterocycles. The van der Waals surface area contributed by atoms with Crippen LogP contribution in [0.4, 0.5) is 5.69 Å². The Kier molecular flexibility index (Phi) is 8.69. The highest BCUT2D eigenvalue weighted by atomic mass is 35.5. The third-order valence-electron chi connectivity index (χ3n) is 5.83. The number of amides is 1. The Morgan fingerprint density at radius 2 is 1.64 bits per heavy atom. The topological polar surface area (TPSA) is 75.7 Å². The molecule has 3 rings (SSSR count). The summed E-state index contributed by atoms with van der Waals surface area (Å²) in [5.74, 6) is 0.533. The molecule has 0 aliphatic carbocycles. The number of nitrogens with zero attached hydrogens (tertiary/aromatic N) is 1. The molecule has 0 radical (unpaired) electrons. The SMILES string of the molecule is Cc1c(Cl)cccc1N(Cc1ccc(C(=O)NCCOc2ccc(C(C)(C)C)cc2)cc1)S(C)(=O)=O. The summed E-state index contributed by atoms with van der Waals surface area (Å²) in [4.78, 5) is 12.5. The maximum Gasteiger partial charge on any atom is 0.251 e. The zero-order valence-corrected chi connectivity index (χ0v) is 22.9. The predicted molar refractivity (Wildman–Crippen MR) is 147 cm³/mol. The second-order valence-corrected chi connectivity index (χ2v) is 12.0. The summed E-state index contributed by atoms with van der Waals surface area (Å²) in [5, 5.41) is 3.34. The van der Waals surface area contributed by atoms with Gasteiger partial charge < -0.3 is 10.1 Å². The lowest BCUT2D eigenvalue weighted by Gasteiger charge is -2.24. The summed E-state index contributed by atoms with van der Waals surface area (Å²) >= 11 is 6.20. The second-order valence-electron chi connectivity index (χ2n) is 9.73. The van der Waals surface area contributed by atoms with Crippen LogP contribution >= 0.6 is 11.6 Å². The van der Waals surface area contributed by atoms with E-state index < -0.39 is 10.0 Å². The van der Waals surface area contributed by atoms with E-state index in [0.717, 1.165) is 17.6 Å². The third kappa shape index (κ3) is 7.24. The van der Waals surface area contributed by atoms with E-state index in [4.69, 9.17) is 16.3 Å². The Morgan fingerprint density at radius 3 is 2.22 bits per heavy atom. The normalized spacial score (nSPS) is 11.7. The molecule has 0 saturated carbocycles. The van der Waals surface area contributed by atoms with Crippen LogP contribution in [0.25, 0.3) is 0 Å². The van der Waals surface area contributed by atoms with E-state index in [1.54, 1.807) is 49.4 Å². The smallest absolute Gasteiger partial charge is 0.251 e. The Bertz CT molecular complexity index is 1300. The fourth-order valence-corrected chi connectivity index (χ4v) is 4.77. The molecular weight excluding hydrogens is 496 g/mol. The van der Waals surface area contributed by atoms with Crippen molar-refractivity contribution in [2.75, 3.05) is 23.7 Å². The summed E-state index contributed by atoms with van der Waals surface area (Å²) < 4.78 is 32.0. The quantitative estimate of drug-likeness (QED) is 0.360. The first-order valence-electron chi connectivity index (χ1n) is 11.7. The van der Waals surface area contributed by atoms with Gasteiger partial charge in [-0.05, 0) is 65.4 Å². The van der Waals surface area contributed by atoms with Crippen molar-refractivity contribution in [1.29, 1.82) is 0 Å². The summed E-state index contributed by atoms with van der Waals surface area (Å²) in [7, 11) is -3.55. The van der Waals surface area contributed by atoms with Gasteiger partial charge >= 0.3 is 0 Å². The van der Waals surface area contributed by atoms with Crippen LogP contribution in [0.3, 0.4) is 0 Å². The maximum atomic E-state index is 12.5. The van der Waals surface area contributed by atoms with Gasteiger partial charge in [0.1, 0.15) is 12.4 Å². The molecule has 0 aromatic heterocycles. The molecule has 0 spiro atoms. The average Bonchev–Trinajstić information content (AvgIpc) is 2.81. The van der Waals surface area contributed by atoms with Gasteiger partial charge in [-0.1, -0.05) is 62.7 Å². The number of hydrogen-bond donors (Lipinski definition) is 1. The maximum absolute atomic E-state index is 12.5. The minimum Gasteiger partial charge on any atom is -0.492 e. The summed E-state index contributed by atoms with van der Waals surface area (Å²) in [6, 6.07) is 20.0. The summed E-state index contributed by atoms with van der Waals surface area (Å²) in [6.07, 6.45) is 1.16. The van der Waals surface area contributed by atoms with Gasteiger partial charge in [0.15, 0.2) is 0 Å². The van der Waals surface area contributed by atoms with Crippen LogP contribution in [0.1, 0.15) is 47.8 Å². The largest absolute Gasteiger partial charge is 0.492 e. The molecular formula is C28H33ClN2O4S. The Morgan fingerprint density at radius 1 is 1.00 bits per heavy atom. The fourth-order valence-electron chi connectivity index (χ4n) is 3.66. The van der Waals surface area contributed by atoms with Gasteiger partial charge in [-0.2, -0.15) is 0 Å². The number of halogens is 1. The molecule has 1 N–H and O–H groups in total. The molecule has 8 heteroatoms. The van der Waals surface area contributed by atoms with Gasteiger partial charge in [0, 0.05) is 10.6 Å². The minimum absolute atomic E-state index is 0.0827. The highest BCUT2D eigenvalue weighted by Crippen LogP contribution is 2.29. The van der Waals surface area contributed by atoms with Crippen molar-refractivity contribution in [1.82, 2.24) is 5.32 Å². The van der Waals surface area contributed by atoms with Crippen LogP contribution in [-0.2, 0) is 22.0 Å². The van der Waals surface area contributed by atoms with E-state index in [0.29, 0.717) is 35.0 Å². The molecule has 36 heavy (non-hydrogen) atoms. The monoisotopic (exact) mass is 528 g/mol. The zero-order chi connectivity index (χ0) is 26.5. The lowest BCUT2D eigenvalue weighted by molar-refractivity contribution is 0.0947. The summed E-state index contributed by atoms with van der Waals surface area (Å²) in [5.41, 5.74) is 3.76. The standard InChI is InChI=1S/C28H33ClN2O4S/c1-20-25(29)7-6-8-26(20)31(36(5,33)34)19-21-9-11-22(12-10-21)27(32)30-17-18-35-24-15-13-23(14-16-24)28(2,3)4/h6-16H,17-19H2,1-5H3,(H,30,32). The molecule has 0 aliphatic rings. The number of carbonyl (C=O) groups excluding carboxylic acids is 1. The predicted octanol–water partition coefficient (Wildman–Crippen LogP) is 5.72. The highest BCUT2D eigenvalue weighted by Gasteiger charge is 2.21. The molecule has 6 nitrogen and oxygen atoms in total. The second kappa shape index (κ2) is 11.4. The first kappa shape index (κ1) is 27.6. The number of nitrogens with one attached hydrogen (secondary N) is 1. The van der Waals surface area contributed by atoms with Crippen LogP contribution in [0.15, 0.2) is 66.7 Å². The number of hydrogen-bond acceptors (Lipinski definition) is 4. The van der Waals surface area contributed by atoms with E-state index in [-0.39, 0.29) is 17.9 Å². The van der Waals surface area contributed by atoms with E-state index in [1.165, 1.54) is 9.87 Å². The molecule has 0 aliphatic heterocycles. The average molecular weight is 529 g/mol. The molecule has 3 aromatic rings. The molecule has 0 bridgehead atoms. The number of anilines is 1. The first-order chi connectivity index (χ1) is 16.9. The number of carbonyl (C=O) groups is 1. The van der Waals surface area contributed by atoms with Gasteiger partial charge in [-0.15, -0.1) is 0 Å². The molecule has 192 valence electrons. The Labute approximate surface area is 219 Å². The van der Waals surface area contributed by atoms with Crippen molar-refractivity contribution in [2.24, 2.45) is 0 Å². The number of sulfonamides is 1. The van der Waals surface area contributed by atoms with Gasteiger partial charge in [0.25, 0.3) is 5.91 Å². The molecule has 0 heterocycles. The zero-order valence-electron chi connectivity index (χ0n) is 21.3. The molecule has 0 unspecified atom stereocenters. The van der Waals surface area contributed by atoms with Crippen molar-refractivity contribution >= 4 is 33.2 Å². The van der Waals surface area contributed by atoms with Crippen LogP contribution in [0.2, 0.25) is 5.02 Å². The van der Waals surface area contributed by atoms with Gasteiger partial charge in [0.2, 0.25) is 10.0 Å². The van der Waals surface area contributed by atoms with Crippen molar-refractivity contribution in [2.45, 2.75) is 39.7 Å². The van der Waals surface area contributed by atoms with Crippen molar-refractivity contribution in [3.05, 3.63) is 94.0 Å². The Hall–Kier alpha value is -3.03. The Balaban J connectivity index is 1.56. The molecule has 0 atom stereocenters. The van der Waals surface area contributed by atoms with Crippen LogP contribution in [0, 0.1) is 6.92 Å². The molecule has 0 fully saturated rings. The van der Waals surface area contributed by atoms with E-state index in [2.05, 4.69) is 26.1 Å².